The Bertz CT molecular complexity index is 966. The second kappa shape index (κ2) is 12.5. The quantitative estimate of drug-likeness (QED) is 0.504. The Labute approximate surface area is 198 Å². The molecular weight excluding hydrogens is 442 g/mol. The van der Waals surface area contributed by atoms with Crippen LogP contribution in [0, 0.1) is 0 Å². The summed E-state index contributed by atoms with van der Waals surface area (Å²) < 4.78 is 0. The first-order valence-corrected chi connectivity index (χ1v) is 11.8. The smallest absolute Gasteiger partial charge is 0.317 e. The normalized spacial score (nSPS) is 14.2. The monoisotopic (exact) mass is 475 g/mol. The van der Waals surface area contributed by atoms with E-state index in [0.29, 0.717) is 11.8 Å². The lowest BCUT2D eigenvalue weighted by Crippen LogP contribution is -2.47. The molecule has 2 aromatic rings. The molecule has 1 atom stereocenters. The van der Waals surface area contributed by atoms with Gasteiger partial charge in [0.1, 0.15) is 0 Å². The van der Waals surface area contributed by atoms with Gasteiger partial charge in [0.25, 0.3) is 0 Å². The van der Waals surface area contributed by atoms with Gasteiger partial charge in [0, 0.05) is 30.6 Å². The van der Waals surface area contributed by atoms with Gasteiger partial charge in [-0.05, 0) is 44.3 Å². The highest BCUT2D eigenvalue weighted by Gasteiger charge is 2.32. The fraction of sp³-hybridized carbons (Fsp3) is 0.458. The van der Waals surface area contributed by atoms with Crippen LogP contribution in [0.4, 0.5) is 4.79 Å². The highest BCUT2D eigenvalue weighted by atomic mass is 32.2. The Hall–Kier alpha value is -2.78. The standard InChI is InChI=1S/C20H27N3OS.C4H6O4/c1-14(2)23(20(24)21-11-12-22(3)4)13-18-17-10-9-15-7-5-6-8-16(15)19(17)25-18;5-3(6)1-2-4(7)8/h5-10,14,18H,11-13H2,1-4H3,(H,21,24);1-2H2,(H,5,6)(H,7,8). The van der Waals surface area contributed by atoms with Crippen LogP contribution < -0.4 is 5.32 Å². The lowest BCUT2D eigenvalue weighted by molar-refractivity contribution is -0.143. The predicted octanol–water partition coefficient (Wildman–Crippen LogP) is 3.90. The van der Waals surface area contributed by atoms with Crippen LogP contribution in [0.2, 0.25) is 0 Å². The summed E-state index contributed by atoms with van der Waals surface area (Å²) in [6, 6.07) is 13.1. The minimum Gasteiger partial charge on any atom is -0.481 e. The Balaban J connectivity index is 0.000000414. The Kier molecular flexibility index (Phi) is 9.99. The summed E-state index contributed by atoms with van der Waals surface area (Å²) in [5.41, 5.74) is 1.37. The summed E-state index contributed by atoms with van der Waals surface area (Å²) in [6.45, 7) is 6.44. The number of carboxylic acids is 2. The van der Waals surface area contributed by atoms with Gasteiger partial charge in [-0.2, -0.15) is 0 Å². The van der Waals surface area contributed by atoms with E-state index in [1.807, 2.05) is 30.8 Å². The molecule has 0 bridgehead atoms. The average molecular weight is 476 g/mol. The topological polar surface area (TPSA) is 110 Å². The van der Waals surface area contributed by atoms with Crippen LogP contribution in [0.5, 0.6) is 0 Å². The van der Waals surface area contributed by atoms with Gasteiger partial charge in [-0.25, -0.2) is 4.79 Å². The number of carboxylic acid groups (broad SMARTS) is 2. The van der Waals surface area contributed by atoms with E-state index < -0.39 is 11.9 Å². The number of nitrogens with one attached hydrogen (secondary N) is 1. The van der Waals surface area contributed by atoms with Gasteiger partial charge >= 0.3 is 18.0 Å². The maximum absolute atomic E-state index is 12.6. The number of benzene rings is 2. The number of likely N-dealkylation sites (N-methyl/N-ethyl adjacent to an activating group) is 1. The van der Waals surface area contributed by atoms with E-state index in [4.69, 9.17) is 10.2 Å². The summed E-state index contributed by atoms with van der Waals surface area (Å²) >= 11 is 1.89. The minimum absolute atomic E-state index is 0.0340. The van der Waals surface area contributed by atoms with E-state index in [-0.39, 0.29) is 24.9 Å². The molecular formula is C24H33N3O5S. The van der Waals surface area contributed by atoms with E-state index in [0.717, 1.165) is 13.1 Å². The second-order valence-electron chi connectivity index (χ2n) is 8.38. The Morgan fingerprint density at radius 2 is 1.67 bits per heavy atom. The number of amides is 2. The van der Waals surface area contributed by atoms with Crippen molar-refractivity contribution in [2.45, 2.75) is 42.9 Å². The van der Waals surface area contributed by atoms with Gasteiger partial charge in [-0.3, -0.25) is 9.59 Å². The number of fused-ring (bicyclic) bond motifs is 3. The summed E-state index contributed by atoms with van der Waals surface area (Å²) in [6.07, 6.45) is -0.593. The predicted molar refractivity (Wildman–Crippen MR) is 131 cm³/mol. The molecule has 0 spiro atoms. The number of nitrogens with zero attached hydrogens (tertiary/aromatic N) is 2. The average Bonchev–Trinajstić information content (AvgIpc) is 2.72. The zero-order valence-corrected chi connectivity index (χ0v) is 20.4. The van der Waals surface area contributed by atoms with Crippen molar-refractivity contribution in [2.24, 2.45) is 0 Å². The molecule has 180 valence electrons. The van der Waals surface area contributed by atoms with Crippen LogP contribution in [0.25, 0.3) is 10.8 Å². The van der Waals surface area contributed by atoms with E-state index in [9.17, 15) is 14.4 Å². The molecule has 1 aliphatic heterocycles. The highest BCUT2D eigenvalue weighted by molar-refractivity contribution is 8.01. The minimum atomic E-state index is -1.08. The summed E-state index contributed by atoms with van der Waals surface area (Å²) in [5.74, 6) is -2.15. The number of hydrogen-bond acceptors (Lipinski definition) is 5. The molecule has 9 heteroatoms. The second-order valence-corrected chi connectivity index (χ2v) is 9.59. The number of aliphatic carboxylic acids is 2. The van der Waals surface area contributed by atoms with Gasteiger partial charge < -0.3 is 25.3 Å². The molecule has 0 saturated heterocycles. The van der Waals surface area contributed by atoms with E-state index in [1.165, 1.54) is 21.2 Å². The summed E-state index contributed by atoms with van der Waals surface area (Å²) in [4.78, 5) is 37.2. The van der Waals surface area contributed by atoms with Crippen LogP contribution in [-0.4, -0.2) is 77.8 Å². The third-order valence-electron chi connectivity index (χ3n) is 5.15. The Morgan fingerprint density at radius 3 is 2.24 bits per heavy atom. The molecule has 3 N–H and O–H groups in total. The molecule has 33 heavy (non-hydrogen) atoms. The first-order valence-electron chi connectivity index (χ1n) is 10.9. The number of rotatable bonds is 9. The van der Waals surface area contributed by atoms with Crippen molar-refractivity contribution >= 4 is 40.5 Å². The maximum Gasteiger partial charge on any atom is 0.317 e. The van der Waals surface area contributed by atoms with E-state index >= 15 is 0 Å². The van der Waals surface area contributed by atoms with Crippen LogP contribution in [0.15, 0.2) is 41.3 Å². The lowest BCUT2D eigenvalue weighted by atomic mass is 10.0. The number of urea groups is 1. The molecule has 1 aliphatic rings. The highest BCUT2D eigenvalue weighted by Crippen LogP contribution is 2.53. The largest absolute Gasteiger partial charge is 0.481 e. The third kappa shape index (κ3) is 7.94. The Morgan fingerprint density at radius 1 is 1.03 bits per heavy atom. The fourth-order valence-electron chi connectivity index (χ4n) is 3.34. The van der Waals surface area contributed by atoms with Gasteiger partial charge in [0.2, 0.25) is 0 Å². The van der Waals surface area contributed by atoms with Gasteiger partial charge in [-0.15, -0.1) is 11.8 Å². The first-order chi connectivity index (χ1) is 15.6. The summed E-state index contributed by atoms with van der Waals surface area (Å²) in [5, 5.41) is 21.8. The first kappa shape index (κ1) is 26.5. The van der Waals surface area contributed by atoms with E-state index in [1.54, 1.807) is 0 Å². The lowest BCUT2D eigenvalue weighted by Gasteiger charge is -2.36. The van der Waals surface area contributed by atoms with Crippen molar-refractivity contribution in [1.29, 1.82) is 0 Å². The zero-order chi connectivity index (χ0) is 24.5. The number of hydrogen-bond donors (Lipinski definition) is 3. The van der Waals surface area contributed by atoms with Gasteiger partial charge in [-0.1, -0.05) is 36.4 Å². The number of thioether (sulfide) groups is 1. The SMILES string of the molecule is CC(C)N(CC1Sc2c1ccc1ccccc21)C(=O)NCCN(C)C.O=C(O)CCC(=O)O. The van der Waals surface area contributed by atoms with Crippen molar-refractivity contribution in [2.75, 3.05) is 33.7 Å². The molecule has 3 rings (SSSR count). The van der Waals surface area contributed by atoms with Crippen LogP contribution >= 0.6 is 11.8 Å². The van der Waals surface area contributed by atoms with Gasteiger partial charge in [0.15, 0.2) is 0 Å². The van der Waals surface area contributed by atoms with Crippen LogP contribution in [0.3, 0.4) is 0 Å². The van der Waals surface area contributed by atoms with E-state index in [2.05, 4.69) is 60.5 Å². The fourth-order valence-corrected chi connectivity index (χ4v) is 4.65. The molecule has 0 saturated carbocycles. The molecule has 0 fully saturated rings. The van der Waals surface area contributed by atoms with Gasteiger partial charge in [0.05, 0.1) is 18.1 Å². The van der Waals surface area contributed by atoms with Crippen LogP contribution in [-0.2, 0) is 9.59 Å². The molecule has 0 aliphatic carbocycles. The summed E-state index contributed by atoms with van der Waals surface area (Å²) in [7, 11) is 4.03. The molecule has 1 unspecified atom stereocenters. The molecule has 0 radical (unpaired) electrons. The molecule has 2 amide bonds. The number of carbonyl (C=O) groups is 3. The molecule has 1 heterocycles. The van der Waals surface area contributed by atoms with Crippen molar-refractivity contribution in [3.05, 3.63) is 42.0 Å². The van der Waals surface area contributed by atoms with Crippen molar-refractivity contribution in [1.82, 2.24) is 15.1 Å². The third-order valence-corrected chi connectivity index (χ3v) is 6.53. The zero-order valence-electron chi connectivity index (χ0n) is 19.6. The number of carbonyl (C=O) groups excluding carboxylic acids is 1. The maximum atomic E-state index is 12.6. The van der Waals surface area contributed by atoms with Crippen LogP contribution in [0.1, 0.15) is 37.5 Å². The molecule has 8 nitrogen and oxygen atoms in total. The van der Waals surface area contributed by atoms with Crippen molar-refractivity contribution in [3.63, 3.8) is 0 Å². The molecule has 2 aromatic carbocycles. The van der Waals surface area contributed by atoms with Crippen molar-refractivity contribution in [3.8, 4) is 0 Å². The molecule has 0 aromatic heterocycles. The van der Waals surface area contributed by atoms with Crippen molar-refractivity contribution < 1.29 is 24.6 Å².